The minimum Gasteiger partial charge on any atom is -0.353 e. The van der Waals surface area contributed by atoms with Crippen LogP contribution in [0.3, 0.4) is 0 Å². The van der Waals surface area contributed by atoms with Gasteiger partial charge >= 0.3 is 0 Å². The Hall–Kier alpha value is -2.44. The molecule has 20 heavy (non-hydrogen) atoms. The Morgan fingerprint density at radius 2 is 2.10 bits per heavy atom. The second-order valence-corrected chi connectivity index (χ2v) is 4.99. The van der Waals surface area contributed by atoms with Crippen LogP contribution in [-0.4, -0.2) is 36.8 Å². The van der Waals surface area contributed by atoms with E-state index in [1.165, 1.54) is 5.56 Å². The highest BCUT2D eigenvalue weighted by Crippen LogP contribution is 2.21. The molecule has 0 fully saturated rings. The predicted octanol–water partition coefficient (Wildman–Crippen LogP) is 1.34. The molecule has 3 aromatic rings. The smallest absolute Gasteiger partial charge is 0.183 e. The van der Waals surface area contributed by atoms with Gasteiger partial charge in [-0.05, 0) is 13.8 Å². The first-order chi connectivity index (χ1) is 9.54. The molecule has 0 amide bonds. The molecule has 3 aromatic heterocycles. The first kappa shape index (κ1) is 12.6. The van der Waals surface area contributed by atoms with Crippen molar-refractivity contribution < 1.29 is 0 Å². The van der Waals surface area contributed by atoms with Crippen LogP contribution in [0.1, 0.15) is 17.1 Å². The summed E-state index contributed by atoms with van der Waals surface area (Å²) < 4.78 is 1.83. The van der Waals surface area contributed by atoms with Gasteiger partial charge in [0.05, 0.1) is 5.69 Å². The van der Waals surface area contributed by atoms with Gasteiger partial charge in [-0.15, -0.1) is 0 Å². The van der Waals surface area contributed by atoms with Gasteiger partial charge in [-0.25, -0.2) is 15.0 Å². The topological polar surface area (TPSA) is 75.5 Å². The van der Waals surface area contributed by atoms with Gasteiger partial charge in [0.25, 0.3) is 0 Å². The Balaban J connectivity index is 1.96. The number of aromatic amines is 1. The number of hydrogen-bond donors (Lipinski definition) is 1. The van der Waals surface area contributed by atoms with Crippen LogP contribution in [0.5, 0.6) is 0 Å². The normalized spacial score (nSPS) is 11.2. The maximum Gasteiger partial charge on any atom is 0.183 e. The molecule has 104 valence electrons. The molecule has 0 atom stereocenters. The summed E-state index contributed by atoms with van der Waals surface area (Å²) in [5.41, 5.74) is 3.78. The monoisotopic (exact) mass is 271 g/mol. The molecule has 0 aliphatic heterocycles. The molecule has 0 aliphatic carbocycles. The van der Waals surface area contributed by atoms with Crippen molar-refractivity contribution in [2.45, 2.75) is 20.4 Å². The lowest BCUT2D eigenvalue weighted by atomic mass is 10.2. The lowest BCUT2D eigenvalue weighted by Crippen LogP contribution is -2.18. The zero-order valence-corrected chi connectivity index (χ0v) is 12.0. The van der Waals surface area contributed by atoms with Crippen molar-refractivity contribution in [3.63, 3.8) is 0 Å². The minimum atomic E-state index is 0.697. The number of imidazole rings is 1. The maximum absolute atomic E-state index is 4.37. The fourth-order valence-electron chi connectivity index (χ4n) is 2.36. The third kappa shape index (κ3) is 2.11. The SMILES string of the molecule is Cc1nc2ncnc(N(C)Cc3cn(C)nc3C)c2[nH]1. The molecular formula is C13H17N7. The Bertz CT molecular complexity index is 755. The van der Waals surface area contributed by atoms with Crippen LogP contribution in [0, 0.1) is 13.8 Å². The third-order valence-corrected chi connectivity index (χ3v) is 3.27. The average Bonchev–Trinajstić information content (AvgIpc) is 2.90. The highest BCUT2D eigenvalue weighted by atomic mass is 15.3. The number of anilines is 1. The molecule has 3 rings (SSSR count). The average molecular weight is 271 g/mol. The number of aryl methyl sites for hydroxylation is 3. The van der Waals surface area contributed by atoms with E-state index in [1.807, 2.05) is 38.8 Å². The zero-order valence-electron chi connectivity index (χ0n) is 12.0. The van der Waals surface area contributed by atoms with Crippen LogP contribution >= 0.6 is 0 Å². The fraction of sp³-hybridized carbons (Fsp3) is 0.385. The number of nitrogens with zero attached hydrogens (tertiary/aromatic N) is 6. The molecule has 7 nitrogen and oxygen atoms in total. The predicted molar refractivity (Wildman–Crippen MR) is 76.5 cm³/mol. The van der Waals surface area contributed by atoms with E-state index in [2.05, 4.69) is 29.9 Å². The van der Waals surface area contributed by atoms with Gasteiger partial charge < -0.3 is 9.88 Å². The van der Waals surface area contributed by atoms with Crippen LogP contribution in [0.2, 0.25) is 0 Å². The molecule has 0 unspecified atom stereocenters. The van der Waals surface area contributed by atoms with E-state index >= 15 is 0 Å². The van der Waals surface area contributed by atoms with Gasteiger partial charge in [-0.3, -0.25) is 4.68 Å². The molecule has 0 aliphatic rings. The standard InChI is InChI=1S/C13H17N7/c1-8-10(6-20(4)18-8)5-19(3)13-11-12(14-7-15-13)17-9(2)16-11/h6-7H,5H2,1-4H3,(H,14,15,16,17). The molecule has 0 spiro atoms. The lowest BCUT2D eigenvalue weighted by molar-refractivity contribution is 0.756. The summed E-state index contributed by atoms with van der Waals surface area (Å²) in [4.78, 5) is 18.2. The van der Waals surface area contributed by atoms with Gasteiger partial charge in [0.15, 0.2) is 11.5 Å². The van der Waals surface area contributed by atoms with Crippen molar-refractivity contribution in [2.24, 2.45) is 7.05 Å². The molecule has 0 bridgehead atoms. The highest BCUT2D eigenvalue weighted by Gasteiger charge is 2.14. The van der Waals surface area contributed by atoms with Crippen molar-refractivity contribution in [3.8, 4) is 0 Å². The minimum absolute atomic E-state index is 0.697. The molecule has 0 saturated heterocycles. The van der Waals surface area contributed by atoms with E-state index in [4.69, 9.17) is 0 Å². The number of aromatic nitrogens is 6. The van der Waals surface area contributed by atoms with E-state index in [-0.39, 0.29) is 0 Å². The van der Waals surface area contributed by atoms with Crippen LogP contribution < -0.4 is 4.90 Å². The van der Waals surface area contributed by atoms with E-state index in [0.29, 0.717) is 5.65 Å². The van der Waals surface area contributed by atoms with Crippen LogP contribution in [0.25, 0.3) is 11.2 Å². The third-order valence-electron chi connectivity index (χ3n) is 3.27. The molecule has 0 radical (unpaired) electrons. The summed E-state index contributed by atoms with van der Waals surface area (Å²) in [6.45, 7) is 4.67. The van der Waals surface area contributed by atoms with Gasteiger partial charge in [-0.2, -0.15) is 5.10 Å². The number of fused-ring (bicyclic) bond motifs is 1. The number of hydrogen-bond acceptors (Lipinski definition) is 5. The largest absolute Gasteiger partial charge is 0.353 e. The Morgan fingerprint density at radius 1 is 1.30 bits per heavy atom. The van der Waals surface area contributed by atoms with E-state index in [0.717, 1.165) is 29.4 Å². The number of rotatable bonds is 3. The summed E-state index contributed by atoms with van der Waals surface area (Å²) in [5, 5.41) is 4.36. The van der Waals surface area contributed by atoms with E-state index in [1.54, 1.807) is 6.33 Å². The van der Waals surface area contributed by atoms with Gasteiger partial charge in [-0.1, -0.05) is 0 Å². The summed E-state index contributed by atoms with van der Waals surface area (Å²) in [6, 6.07) is 0. The summed E-state index contributed by atoms with van der Waals surface area (Å²) in [5.74, 6) is 1.69. The van der Waals surface area contributed by atoms with Crippen molar-refractivity contribution in [1.29, 1.82) is 0 Å². The maximum atomic E-state index is 4.37. The first-order valence-electron chi connectivity index (χ1n) is 6.42. The quantitative estimate of drug-likeness (QED) is 0.778. The van der Waals surface area contributed by atoms with Crippen molar-refractivity contribution in [2.75, 3.05) is 11.9 Å². The second-order valence-electron chi connectivity index (χ2n) is 4.99. The van der Waals surface area contributed by atoms with Gasteiger partial charge in [0, 0.05) is 32.4 Å². The van der Waals surface area contributed by atoms with Crippen molar-refractivity contribution in [3.05, 3.63) is 29.6 Å². The van der Waals surface area contributed by atoms with Crippen LogP contribution in [0.15, 0.2) is 12.5 Å². The van der Waals surface area contributed by atoms with Gasteiger partial charge in [0.2, 0.25) is 0 Å². The summed E-state index contributed by atoms with van der Waals surface area (Å²) in [6.07, 6.45) is 3.58. The van der Waals surface area contributed by atoms with Gasteiger partial charge in [0.1, 0.15) is 17.7 Å². The second kappa shape index (κ2) is 4.59. The van der Waals surface area contributed by atoms with E-state index in [9.17, 15) is 0 Å². The molecule has 3 heterocycles. The Labute approximate surface area is 116 Å². The van der Waals surface area contributed by atoms with Crippen LogP contribution in [0.4, 0.5) is 5.82 Å². The molecule has 1 N–H and O–H groups in total. The fourth-order valence-corrected chi connectivity index (χ4v) is 2.36. The van der Waals surface area contributed by atoms with Crippen molar-refractivity contribution in [1.82, 2.24) is 29.7 Å². The van der Waals surface area contributed by atoms with E-state index < -0.39 is 0 Å². The summed E-state index contributed by atoms with van der Waals surface area (Å²) >= 11 is 0. The lowest BCUT2D eigenvalue weighted by Gasteiger charge is -2.17. The highest BCUT2D eigenvalue weighted by molar-refractivity contribution is 5.83. The molecule has 0 saturated carbocycles. The van der Waals surface area contributed by atoms with Crippen LogP contribution in [-0.2, 0) is 13.6 Å². The number of H-pyrrole nitrogens is 1. The molecular weight excluding hydrogens is 254 g/mol. The number of nitrogens with one attached hydrogen (secondary N) is 1. The first-order valence-corrected chi connectivity index (χ1v) is 6.42. The summed E-state index contributed by atoms with van der Waals surface area (Å²) in [7, 11) is 3.93. The van der Waals surface area contributed by atoms with Crippen molar-refractivity contribution >= 4 is 17.0 Å². The zero-order chi connectivity index (χ0) is 14.3. The Morgan fingerprint density at radius 3 is 2.80 bits per heavy atom. The molecule has 7 heteroatoms. The molecule has 0 aromatic carbocycles. The Kier molecular flexibility index (Phi) is 2.89.